The molecule has 1 saturated heterocycles. The number of carbonyl (C=O) groups is 1. The zero-order valence-electron chi connectivity index (χ0n) is 22.3. The number of unbranched alkanes of at least 4 members (excludes halogenated alkanes) is 13. The van der Waals surface area contributed by atoms with Crippen LogP contribution in [0, 0.1) is 5.92 Å². The Balaban J connectivity index is 2.04. The Morgan fingerprint density at radius 3 is 1.85 bits per heavy atom. The number of Topliss-reactive ketones (excluding diaryl/α,β-unsaturated/α-hetero) is 1. The van der Waals surface area contributed by atoms with Crippen molar-refractivity contribution in [1.29, 1.82) is 0 Å². The summed E-state index contributed by atoms with van der Waals surface area (Å²) in [6.45, 7) is 6.86. The molecule has 0 spiro atoms. The summed E-state index contributed by atoms with van der Waals surface area (Å²) >= 11 is 0. The van der Waals surface area contributed by atoms with Crippen molar-refractivity contribution < 1.29 is 23.3 Å². The van der Waals surface area contributed by atoms with Crippen LogP contribution in [-0.4, -0.2) is 48.4 Å². The van der Waals surface area contributed by atoms with Gasteiger partial charge in [-0.1, -0.05) is 96.8 Å². The number of likely N-dealkylation sites (tertiary alicyclic amines) is 1. The lowest BCUT2D eigenvalue weighted by Gasteiger charge is -2.19. The van der Waals surface area contributed by atoms with Gasteiger partial charge < -0.3 is 14.6 Å². The Hall–Kier alpha value is -0.260. The van der Waals surface area contributed by atoms with E-state index in [0.29, 0.717) is 13.0 Å². The lowest BCUT2D eigenvalue weighted by atomic mass is 9.96. The van der Waals surface area contributed by atoms with E-state index < -0.39 is 7.82 Å². The average molecular weight is 504 g/mol. The molecule has 0 saturated carbocycles. The zero-order valence-corrected chi connectivity index (χ0v) is 23.2. The summed E-state index contributed by atoms with van der Waals surface area (Å²) in [6.07, 6.45) is 22.0. The van der Waals surface area contributed by atoms with Gasteiger partial charge in [0.05, 0.1) is 13.2 Å². The van der Waals surface area contributed by atoms with Gasteiger partial charge in [-0.15, -0.1) is 0 Å². The Morgan fingerprint density at radius 2 is 1.35 bits per heavy atom. The van der Waals surface area contributed by atoms with Crippen LogP contribution in [0.15, 0.2) is 0 Å². The quantitative estimate of drug-likeness (QED) is 0.107. The third-order valence-corrected chi connectivity index (χ3v) is 7.86. The third-order valence-electron chi connectivity index (χ3n) is 6.88. The highest BCUT2D eigenvalue weighted by molar-refractivity contribution is 7.47. The van der Waals surface area contributed by atoms with Crippen LogP contribution in [0.3, 0.4) is 0 Å². The maximum Gasteiger partial charge on any atom is 0.472 e. The van der Waals surface area contributed by atoms with Crippen molar-refractivity contribution >= 4 is 13.6 Å². The Labute approximate surface area is 210 Å². The molecule has 0 bridgehead atoms. The summed E-state index contributed by atoms with van der Waals surface area (Å²) in [4.78, 5) is 23.8. The van der Waals surface area contributed by atoms with Crippen LogP contribution in [-0.2, 0) is 18.4 Å². The van der Waals surface area contributed by atoms with Gasteiger partial charge in [0.2, 0.25) is 0 Å². The van der Waals surface area contributed by atoms with Crippen molar-refractivity contribution in [2.45, 2.75) is 129 Å². The molecule has 0 aromatic heterocycles. The highest BCUT2D eigenvalue weighted by atomic mass is 31.2. The summed E-state index contributed by atoms with van der Waals surface area (Å²) in [5.74, 6) is 0.0826. The predicted octanol–water partition coefficient (Wildman–Crippen LogP) is 7.68. The van der Waals surface area contributed by atoms with E-state index >= 15 is 0 Å². The molecule has 0 radical (unpaired) electrons. The Bertz CT molecular complexity index is 539. The third kappa shape index (κ3) is 19.0. The molecule has 0 aromatic rings. The second-order valence-electron chi connectivity index (χ2n) is 10.3. The van der Waals surface area contributed by atoms with Crippen molar-refractivity contribution in [2.24, 2.45) is 5.92 Å². The molecule has 1 aliphatic heterocycles. The highest BCUT2D eigenvalue weighted by Gasteiger charge is 2.24. The number of phosphoric ester groups is 1. The van der Waals surface area contributed by atoms with Crippen LogP contribution in [0.25, 0.3) is 0 Å². The molecule has 1 heterocycles. The molecule has 1 fully saturated rings. The van der Waals surface area contributed by atoms with Crippen molar-refractivity contribution in [3.8, 4) is 0 Å². The van der Waals surface area contributed by atoms with Gasteiger partial charge in [-0.05, 0) is 45.2 Å². The standard InChI is InChI=1S/C27H54NO5P/c1-3-4-5-6-7-8-9-10-11-12-13-14-15-16-19-27(24-26(2)29)25-33-34(30,31)32-23-22-28-20-17-18-21-28/h27H,3-25H2,1-2H3,(H,30,31). The second kappa shape index (κ2) is 20.9. The van der Waals surface area contributed by atoms with Crippen molar-refractivity contribution in [3.05, 3.63) is 0 Å². The zero-order chi connectivity index (χ0) is 24.9. The van der Waals surface area contributed by atoms with Gasteiger partial charge in [0.1, 0.15) is 5.78 Å². The number of phosphoric acid groups is 1. The first-order chi connectivity index (χ1) is 16.4. The monoisotopic (exact) mass is 503 g/mol. The molecular weight excluding hydrogens is 449 g/mol. The molecule has 2 unspecified atom stereocenters. The van der Waals surface area contributed by atoms with Crippen LogP contribution in [0.4, 0.5) is 0 Å². The Kier molecular flexibility index (Phi) is 19.5. The van der Waals surface area contributed by atoms with Crippen LogP contribution in [0.1, 0.15) is 129 Å². The largest absolute Gasteiger partial charge is 0.472 e. The van der Waals surface area contributed by atoms with E-state index in [1.165, 1.54) is 89.9 Å². The maximum absolute atomic E-state index is 12.2. The molecule has 34 heavy (non-hydrogen) atoms. The maximum atomic E-state index is 12.2. The molecular formula is C27H54NO5P. The number of hydrogen-bond donors (Lipinski definition) is 1. The second-order valence-corrected chi connectivity index (χ2v) is 11.8. The number of nitrogens with zero attached hydrogens (tertiary/aromatic N) is 1. The summed E-state index contributed by atoms with van der Waals surface area (Å²) in [7, 11) is -4.06. The molecule has 1 aliphatic rings. The van der Waals surface area contributed by atoms with Crippen LogP contribution >= 0.6 is 7.82 Å². The fourth-order valence-corrected chi connectivity index (χ4v) is 5.59. The summed E-state index contributed by atoms with van der Waals surface area (Å²) < 4.78 is 22.6. The molecule has 2 atom stereocenters. The van der Waals surface area contributed by atoms with E-state index in [-0.39, 0.29) is 24.9 Å². The van der Waals surface area contributed by atoms with Crippen LogP contribution < -0.4 is 0 Å². The fourth-order valence-electron chi connectivity index (χ4n) is 4.81. The predicted molar refractivity (Wildman–Crippen MR) is 141 cm³/mol. The van der Waals surface area contributed by atoms with E-state index in [9.17, 15) is 14.3 Å². The van der Waals surface area contributed by atoms with Gasteiger partial charge >= 0.3 is 7.82 Å². The lowest BCUT2D eigenvalue weighted by Crippen LogP contribution is -2.23. The number of hydrogen-bond acceptors (Lipinski definition) is 5. The van der Waals surface area contributed by atoms with E-state index in [4.69, 9.17) is 9.05 Å². The smallest absolute Gasteiger partial charge is 0.302 e. The van der Waals surface area contributed by atoms with E-state index in [1.807, 2.05) is 0 Å². The molecule has 1 rings (SSSR count). The lowest BCUT2D eigenvalue weighted by molar-refractivity contribution is -0.118. The summed E-state index contributed by atoms with van der Waals surface area (Å²) in [5.41, 5.74) is 0. The highest BCUT2D eigenvalue weighted by Crippen LogP contribution is 2.44. The van der Waals surface area contributed by atoms with Crippen molar-refractivity contribution in [3.63, 3.8) is 0 Å². The van der Waals surface area contributed by atoms with Crippen LogP contribution in [0.5, 0.6) is 0 Å². The number of carbonyl (C=O) groups excluding carboxylic acids is 1. The number of ketones is 1. The van der Waals surface area contributed by atoms with E-state index in [0.717, 1.165) is 32.4 Å². The summed E-state index contributed by atoms with van der Waals surface area (Å²) in [6, 6.07) is 0. The van der Waals surface area contributed by atoms with Gasteiger partial charge in [-0.2, -0.15) is 0 Å². The van der Waals surface area contributed by atoms with Gasteiger partial charge in [0.25, 0.3) is 0 Å². The minimum Gasteiger partial charge on any atom is -0.302 e. The van der Waals surface area contributed by atoms with Gasteiger partial charge in [-0.25, -0.2) is 4.57 Å². The first-order valence-electron chi connectivity index (χ1n) is 14.3. The number of rotatable bonds is 24. The van der Waals surface area contributed by atoms with E-state index in [2.05, 4.69) is 11.8 Å². The normalized spacial score (nSPS) is 17.1. The Morgan fingerprint density at radius 1 is 0.853 bits per heavy atom. The van der Waals surface area contributed by atoms with Crippen molar-refractivity contribution in [1.82, 2.24) is 4.90 Å². The summed E-state index contributed by atoms with van der Waals surface area (Å²) in [5, 5.41) is 0. The molecule has 1 N–H and O–H groups in total. The molecule has 0 amide bonds. The minimum absolute atomic E-state index is 0.0162. The molecule has 6 nitrogen and oxygen atoms in total. The first kappa shape index (κ1) is 31.8. The van der Waals surface area contributed by atoms with Gasteiger partial charge in [0.15, 0.2) is 0 Å². The fraction of sp³-hybridized carbons (Fsp3) is 0.963. The SMILES string of the molecule is CCCCCCCCCCCCCCCCC(COP(=O)(O)OCCN1CCCC1)CC(C)=O. The first-order valence-corrected chi connectivity index (χ1v) is 15.8. The minimum atomic E-state index is -4.06. The molecule has 0 aromatic carbocycles. The molecule has 202 valence electrons. The van der Waals surface area contributed by atoms with Gasteiger partial charge in [-0.3, -0.25) is 9.05 Å². The van der Waals surface area contributed by atoms with Crippen molar-refractivity contribution in [2.75, 3.05) is 32.8 Å². The topological polar surface area (TPSA) is 76.1 Å². The molecule has 7 heteroatoms. The molecule has 0 aliphatic carbocycles. The van der Waals surface area contributed by atoms with Gasteiger partial charge in [0, 0.05) is 13.0 Å². The van der Waals surface area contributed by atoms with E-state index in [1.54, 1.807) is 6.92 Å². The average Bonchev–Trinajstić information content (AvgIpc) is 3.30. The van der Waals surface area contributed by atoms with Crippen LogP contribution in [0.2, 0.25) is 0 Å².